The van der Waals surface area contributed by atoms with Gasteiger partial charge in [0.2, 0.25) is 0 Å². The summed E-state index contributed by atoms with van der Waals surface area (Å²) in [5.41, 5.74) is 2.41. The van der Waals surface area contributed by atoms with Crippen LogP contribution in [0, 0.1) is 5.92 Å². The highest BCUT2D eigenvalue weighted by atomic mass is 16.5. The lowest BCUT2D eigenvalue weighted by Gasteiger charge is -2.34. The molecule has 24 heavy (non-hydrogen) atoms. The molecule has 5 atom stereocenters. The molecule has 134 valence electrons. The molecule has 0 saturated carbocycles. The van der Waals surface area contributed by atoms with E-state index in [-0.39, 0.29) is 18.3 Å². The topological polar surface area (TPSA) is 27.7 Å². The molecular weight excluding hydrogens is 300 g/mol. The highest BCUT2D eigenvalue weighted by Crippen LogP contribution is 2.33. The second-order valence-electron chi connectivity index (χ2n) is 6.97. The first-order chi connectivity index (χ1) is 11.5. The van der Waals surface area contributed by atoms with Gasteiger partial charge < -0.3 is 14.2 Å². The Morgan fingerprint density at radius 2 is 1.96 bits per heavy atom. The molecule has 2 rings (SSSR count). The first-order valence-electron chi connectivity index (χ1n) is 9.03. The van der Waals surface area contributed by atoms with E-state index in [1.165, 1.54) is 11.1 Å². The molecular formula is C21H32O3. The zero-order valence-electron chi connectivity index (χ0n) is 15.2. The number of ether oxygens (including phenoxy) is 3. The average Bonchev–Trinajstić information content (AvgIpc) is 2.90. The van der Waals surface area contributed by atoms with Gasteiger partial charge in [-0.25, -0.2) is 0 Å². The summed E-state index contributed by atoms with van der Waals surface area (Å²) in [6.07, 6.45) is 10.6. The van der Waals surface area contributed by atoms with Gasteiger partial charge in [-0.15, -0.1) is 6.58 Å². The quantitative estimate of drug-likeness (QED) is 0.480. The molecule has 0 aromatic heterocycles. The van der Waals surface area contributed by atoms with Crippen molar-refractivity contribution in [3.63, 3.8) is 0 Å². The van der Waals surface area contributed by atoms with Crippen LogP contribution >= 0.6 is 0 Å². The number of hydrogen-bond acceptors (Lipinski definition) is 3. The minimum absolute atomic E-state index is 0.125. The lowest BCUT2D eigenvalue weighted by molar-refractivity contribution is -0.0352. The standard InChI is InChI=1S/C21H32O3/c1-6-11-22-12-7-8-19-14-16(3)21(24-19)10-9-20-13-15(2)17(4)18(5)23-20/h6-8,15,18-21H,1,3-4,9-14H2,2,5H3/b8-7+/t15-,18?,19+,20+,21+/m1/s1. The summed E-state index contributed by atoms with van der Waals surface area (Å²) >= 11 is 0. The van der Waals surface area contributed by atoms with Gasteiger partial charge in [-0.3, -0.25) is 0 Å². The lowest BCUT2D eigenvalue weighted by Crippen LogP contribution is -2.32. The van der Waals surface area contributed by atoms with E-state index in [9.17, 15) is 0 Å². The third-order valence-corrected chi connectivity index (χ3v) is 4.98. The van der Waals surface area contributed by atoms with Crippen LogP contribution in [-0.2, 0) is 14.2 Å². The molecule has 0 aromatic carbocycles. The molecule has 0 aliphatic carbocycles. The fourth-order valence-corrected chi connectivity index (χ4v) is 3.46. The Morgan fingerprint density at radius 1 is 1.17 bits per heavy atom. The van der Waals surface area contributed by atoms with E-state index in [0.29, 0.717) is 25.2 Å². The maximum Gasteiger partial charge on any atom is 0.0802 e. The van der Waals surface area contributed by atoms with Crippen LogP contribution in [0.2, 0.25) is 0 Å². The van der Waals surface area contributed by atoms with Gasteiger partial charge in [0.05, 0.1) is 37.6 Å². The molecule has 1 unspecified atom stereocenters. The number of hydrogen-bond donors (Lipinski definition) is 0. The van der Waals surface area contributed by atoms with Crippen molar-refractivity contribution in [3.05, 3.63) is 49.1 Å². The van der Waals surface area contributed by atoms with Crippen LogP contribution in [0.25, 0.3) is 0 Å². The highest BCUT2D eigenvalue weighted by molar-refractivity contribution is 5.14. The third-order valence-electron chi connectivity index (χ3n) is 4.98. The zero-order valence-corrected chi connectivity index (χ0v) is 15.2. The van der Waals surface area contributed by atoms with Crippen molar-refractivity contribution in [2.24, 2.45) is 5.92 Å². The molecule has 2 aliphatic rings. The molecule has 3 nitrogen and oxygen atoms in total. The van der Waals surface area contributed by atoms with Crippen LogP contribution < -0.4 is 0 Å². The van der Waals surface area contributed by atoms with Crippen molar-refractivity contribution in [2.75, 3.05) is 13.2 Å². The molecule has 0 aromatic rings. The van der Waals surface area contributed by atoms with Crippen LogP contribution in [0.15, 0.2) is 49.1 Å². The van der Waals surface area contributed by atoms with Gasteiger partial charge in [0, 0.05) is 6.42 Å². The predicted octanol–water partition coefficient (Wildman–Crippen LogP) is 4.61. The van der Waals surface area contributed by atoms with E-state index < -0.39 is 0 Å². The monoisotopic (exact) mass is 332 g/mol. The smallest absolute Gasteiger partial charge is 0.0802 e. The Hall–Kier alpha value is -1.16. The van der Waals surface area contributed by atoms with Crippen LogP contribution in [0.1, 0.15) is 39.5 Å². The minimum Gasteiger partial charge on any atom is -0.373 e. The molecule has 2 aliphatic heterocycles. The Morgan fingerprint density at radius 3 is 2.67 bits per heavy atom. The molecule has 0 N–H and O–H groups in total. The third kappa shape index (κ3) is 5.44. The number of rotatable bonds is 8. The average molecular weight is 332 g/mol. The molecule has 2 heterocycles. The van der Waals surface area contributed by atoms with E-state index in [4.69, 9.17) is 14.2 Å². The van der Waals surface area contributed by atoms with E-state index in [1.54, 1.807) is 6.08 Å². The normalized spacial score (nSPS) is 34.2. The van der Waals surface area contributed by atoms with E-state index in [0.717, 1.165) is 25.7 Å². The molecule has 0 amide bonds. The largest absolute Gasteiger partial charge is 0.373 e. The Labute approximate surface area is 147 Å². The Bertz CT molecular complexity index is 465. The second-order valence-corrected chi connectivity index (χ2v) is 6.97. The fourth-order valence-electron chi connectivity index (χ4n) is 3.46. The molecule has 0 radical (unpaired) electrons. The second kappa shape index (κ2) is 9.36. The summed E-state index contributed by atoms with van der Waals surface area (Å²) in [7, 11) is 0. The van der Waals surface area contributed by atoms with Crippen molar-refractivity contribution in [1.29, 1.82) is 0 Å². The SMILES string of the molecule is C=CCOC/C=C/[C@H]1CC(=C)[C@H](CC[C@H]2C[C@@H](C)C(=C)C(C)O2)O1. The van der Waals surface area contributed by atoms with Crippen LogP contribution in [0.4, 0.5) is 0 Å². The van der Waals surface area contributed by atoms with Crippen LogP contribution in [-0.4, -0.2) is 37.6 Å². The molecule has 2 fully saturated rings. The summed E-state index contributed by atoms with van der Waals surface area (Å²) in [5.74, 6) is 0.540. The van der Waals surface area contributed by atoms with Crippen LogP contribution in [0.3, 0.4) is 0 Å². The minimum atomic E-state index is 0.125. The zero-order chi connectivity index (χ0) is 17.5. The van der Waals surface area contributed by atoms with E-state index >= 15 is 0 Å². The van der Waals surface area contributed by atoms with Gasteiger partial charge in [-0.2, -0.15) is 0 Å². The van der Waals surface area contributed by atoms with Gasteiger partial charge in [0.1, 0.15) is 0 Å². The van der Waals surface area contributed by atoms with E-state index in [1.807, 2.05) is 6.08 Å². The van der Waals surface area contributed by atoms with Gasteiger partial charge in [0.25, 0.3) is 0 Å². The van der Waals surface area contributed by atoms with Crippen molar-refractivity contribution in [2.45, 2.75) is 63.9 Å². The first-order valence-corrected chi connectivity index (χ1v) is 9.03. The molecule has 0 spiro atoms. The summed E-state index contributed by atoms with van der Waals surface area (Å²) in [4.78, 5) is 0. The van der Waals surface area contributed by atoms with Gasteiger partial charge in [0.15, 0.2) is 0 Å². The first kappa shape index (κ1) is 19.2. The Balaban J connectivity index is 1.72. The molecule has 0 bridgehead atoms. The summed E-state index contributed by atoms with van der Waals surface area (Å²) < 4.78 is 17.5. The summed E-state index contributed by atoms with van der Waals surface area (Å²) in [5, 5.41) is 0. The van der Waals surface area contributed by atoms with Crippen molar-refractivity contribution in [3.8, 4) is 0 Å². The molecule has 2 saturated heterocycles. The summed E-state index contributed by atoms with van der Waals surface area (Å²) in [6, 6.07) is 0. The van der Waals surface area contributed by atoms with Gasteiger partial charge in [-0.1, -0.05) is 38.3 Å². The van der Waals surface area contributed by atoms with Crippen LogP contribution in [0.5, 0.6) is 0 Å². The maximum absolute atomic E-state index is 6.11. The Kier molecular flexibility index (Phi) is 7.47. The van der Waals surface area contributed by atoms with E-state index in [2.05, 4.69) is 39.7 Å². The highest BCUT2D eigenvalue weighted by Gasteiger charge is 2.31. The van der Waals surface area contributed by atoms with Crippen molar-refractivity contribution >= 4 is 0 Å². The summed E-state index contributed by atoms with van der Waals surface area (Å²) in [6.45, 7) is 17.5. The maximum atomic E-state index is 6.11. The molecule has 3 heteroatoms. The predicted molar refractivity (Wildman–Crippen MR) is 99.1 cm³/mol. The van der Waals surface area contributed by atoms with Crippen molar-refractivity contribution in [1.82, 2.24) is 0 Å². The fraction of sp³-hybridized carbons (Fsp3) is 0.619. The lowest BCUT2D eigenvalue weighted by atomic mass is 9.87. The van der Waals surface area contributed by atoms with Crippen molar-refractivity contribution < 1.29 is 14.2 Å². The van der Waals surface area contributed by atoms with Gasteiger partial charge >= 0.3 is 0 Å². The van der Waals surface area contributed by atoms with Gasteiger partial charge in [-0.05, 0) is 43.3 Å².